The standard InChI is InChI=1S/C15H12O3S.Ca/c1-18-19(16,17)15-8-4-7-13-9-11-5-2-3-6-12(11)10-14(13)15;/h2-10H,1H3;. The molecule has 0 saturated heterocycles. The van der Waals surface area contributed by atoms with Crippen LogP contribution in [-0.2, 0) is 14.3 Å². The maximum Gasteiger partial charge on any atom is 0.297 e. The Morgan fingerprint density at radius 1 is 0.850 bits per heavy atom. The second kappa shape index (κ2) is 6.00. The van der Waals surface area contributed by atoms with E-state index < -0.39 is 10.1 Å². The van der Waals surface area contributed by atoms with Gasteiger partial charge in [0, 0.05) is 43.1 Å². The fraction of sp³-hybridized carbons (Fsp3) is 0.0667. The van der Waals surface area contributed by atoms with E-state index >= 15 is 0 Å². The molecule has 0 aliphatic carbocycles. The van der Waals surface area contributed by atoms with E-state index in [-0.39, 0.29) is 42.6 Å². The Balaban J connectivity index is 0.00000147. The molecule has 3 aromatic carbocycles. The molecule has 98 valence electrons. The number of rotatable bonds is 2. The van der Waals surface area contributed by atoms with Crippen molar-refractivity contribution in [2.24, 2.45) is 0 Å². The topological polar surface area (TPSA) is 43.4 Å². The quantitative estimate of drug-likeness (QED) is 0.415. The summed E-state index contributed by atoms with van der Waals surface area (Å²) in [5.74, 6) is 0. The molecule has 0 N–H and O–H groups in total. The second-order valence-corrected chi connectivity index (χ2v) is 5.98. The van der Waals surface area contributed by atoms with Crippen molar-refractivity contribution in [1.29, 1.82) is 0 Å². The predicted molar refractivity (Wildman–Crippen MR) is 81.4 cm³/mol. The third-order valence-electron chi connectivity index (χ3n) is 3.20. The Labute approximate surface area is 147 Å². The molecule has 2 radical (unpaired) electrons. The Hall–Kier alpha value is -0.650. The summed E-state index contributed by atoms with van der Waals surface area (Å²) in [6.45, 7) is 0. The zero-order chi connectivity index (χ0) is 13.5. The summed E-state index contributed by atoms with van der Waals surface area (Å²) < 4.78 is 28.5. The first-order chi connectivity index (χ1) is 9.12. The molecule has 0 aliphatic rings. The molecule has 0 aromatic heterocycles. The Morgan fingerprint density at radius 3 is 2.10 bits per heavy atom. The smallest absolute Gasteiger partial charge is 0.270 e. The maximum atomic E-state index is 11.9. The van der Waals surface area contributed by atoms with Crippen LogP contribution in [0.3, 0.4) is 0 Å². The minimum atomic E-state index is -3.69. The Bertz CT molecular complexity index is 873. The molecule has 0 spiro atoms. The Morgan fingerprint density at radius 2 is 1.45 bits per heavy atom. The third-order valence-corrected chi connectivity index (χ3v) is 4.53. The number of hydrogen-bond donors (Lipinski definition) is 0. The van der Waals surface area contributed by atoms with Crippen LogP contribution >= 0.6 is 0 Å². The molecule has 3 aromatic rings. The SMILES string of the molecule is COS(=O)(=O)c1cccc2cc3ccccc3cc12.[Ca]. The molecule has 0 saturated carbocycles. The van der Waals surface area contributed by atoms with Gasteiger partial charge < -0.3 is 0 Å². The van der Waals surface area contributed by atoms with Gasteiger partial charge in [-0.3, -0.25) is 4.18 Å². The van der Waals surface area contributed by atoms with Crippen LogP contribution in [0.2, 0.25) is 0 Å². The zero-order valence-electron chi connectivity index (χ0n) is 11.0. The summed E-state index contributed by atoms with van der Waals surface area (Å²) >= 11 is 0. The molecule has 0 aliphatic heterocycles. The van der Waals surface area contributed by atoms with Crippen molar-refractivity contribution in [2.45, 2.75) is 4.90 Å². The summed E-state index contributed by atoms with van der Waals surface area (Å²) in [5.41, 5.74) is 0. The summed E-state index contributed by atoms with van der Waals surface area (Å²) in [6, 6.07) is 16.9. The zero-order valence-corrected chi connectivity index (χ0v) is 14.1. The van der Waals surface area contributed by atoms with E-state index in [1.54, 1.807) is 12.1 Å². The van der Waals surface area contributed by atoms with Crippen molar-refractivity contribution >= 4 is 69.4 Å². The van der Waals surface area contributed by atoms with Gasteiger partial charge in [-0.2, -0.15) is 8.42 Å². The number of benzene rings is 3. The van der Waals surface area contributed by atoms with Crippen molar-refractivity contribution in [3.05, 3.63) is 54.6 Å². The van der Waals surface area contributed by atoms with E-state index in [9.17, 15) is 8.42 Å². The minimum Gasteiger partial charge on any atom is -0.270 e. The second-order valence-electron chi connectivity index (χ2n) is 4.30. The van der Waals surface area contributed by atoms with Crippen LogP contribution in [-0.4, -0.2) is 53.3 Å². The molecule has 0 amide bonds. The van der Waals surface area contributed by atoms with Gasteiger partial charge in [0.25, 0.3) is 10.1 Å². The van der Waals surface area contributed by atoms with Gasteiger partial charge in [0.15, 0.2) is 0 Å². The van der Waals surface area contributed by atoms with Gasteiger partial charge >= 0.3 is 0 Å². The van der Waals surface area contributed by atoms with Crippen LogP contribution in [0, 0.1) is 0 Å². The fourth-order valence-electron chi connectivity index (χ4n) is 2.25. The van der Waals surface area contributed by atoms with Crippen LogP contribution in [0.5, 0.6) is 0 Å². The predicted octanol–water partition coefficient (Wildman–Crippen LogP) is 2.95. The first kappa shape index (κ1) is 15.7. The number of hydrogen-bond acceptors (Lipinski definition) is 3. The van der Waals surface area contributed by atoms with E-state index in [1.807, 2.05) is 42.5 Å². The van der Waals surface area contributed by atoms with Crippen molar-refractivity contribution in [1.82, 2.24) is 0 Å². The first-order valence-corrected chi connectivity index (χ1v) is 7.25. The van der Waals surface area contributed by atoms with E-state index in [4.69, 9.17) is 0 Å². The van der Waals surface area contributed by atoms with Gasteiger partial charge in [0.05, 0.1) is 7.11 Å². The summed E-state index contributed by atoms with van der Waals surface area (Å²) in [4.78, 5) is 0.207. The molecule has 0 bridgehead atoms. The van der Waals surface area contributed by atoms with Gasteiger partial charge in [-0.1, -0.05) is 36.4 Å². The van der Waals surface area contributed by atoms with Gasteiger partial charge in [0.1, 0.15) is 4.90 Å². The molecule has 3 rings (SSSR count). The van der Waals surface area contributed by atoms with Gasteiger partial charge in [-0.05, 0) is 34.4 Å². The van der Waals surface area contributed by atoms with Crippen molar-refractivity contribution in [2.75, 3.05) is 7.11 Å². The molecule has 0 heterocycles. The van der Waals surface area contributed by atoms with Crippen molar-refractivity contribution in [3.8, 4) is 0 Å². The van der Waals surface area contributed by atoms with E-state index in [0.717, 1.165) is 16.2 Å². The molecule has 0 fully saturated rings. The van der Waals surface area contributed by atoms with Gasteiger partial charge in [-0.15, -0.1) is 0 Å². The molecular weight excluding hydrogens is 300 g/mol. The van der Waals surface area contributed by atoms with Crippen LogP contribution < -0.4 is 0 Å². The summed E-state index contributed by atoms with van der Waals surface area (Å²) in [5, 5.41) is 3.66. The molecule has 20 heavy (non-hydrogen) atoms. The molecular formula is C15H12CaO3S. The van der Waals surface area contributed by atoms with Crippen LogP contribution in [0.4, 0.5) is 0 Å². The van der Waals surface area contributed by atoms with Crippen LogP contribution in [0.25, 0.3) is 21.5 Å². The van der Waals surface area contributed by atoms with E-state index in [1.165, 1.54) is 7.11 Å². The van der Waals surface area contributed by atoms with Crippen molar-refractivity contribution in [3.63, 3.8) is 0 Å². The van der Waals surface area contributed by atoms with E-state index in [2.05, 4.69) is 4.18 Å². The average Bonchev–Trinajstić information content (AvgIpc) is 2.44. The summed E-state index contributed by atoms with van der Waals surface area (Å²) in [6.07, 6.45) is 0. The van der Waals surface area contributed by atoms with Crippen LogP contribution in [0.1, 0.15) is 0 Å². The summed E-state index contributed by atoms with van der Waals surface area (Å²) in [7, 11) is -2.52. The fourth-order valence-corrected chi connectivity index (χ4v) is 3.12. The molecule has 0 atom stereocenters. The maximum absolute atomic E-state index is 11.9. The first-order valence-electron chi connectivity index (χ1n) is 5.84. The molecule has 3 nitrogen and oxygen atoms in total. The van der Waals surface area contributed by atoms with E-state index in [0.29, 0.717) is 5.39 Å². The minimum absolute atomic E-state index is 0. The normalized spacial score (nSPS) is 11.4. The largest absolute Gasteiger partial charge is 0.297 e. The number of fused-ring (bicyclic) bond motifs is 2. The average molecular weight is 312 g/mol. The third kappa shape index (κ3) is 2.71. The molecule has 0 unspecified atom stereocenters. The van der Waals surface area contributed by atoms with Crippen molar-refractivity contribution < 1.29 is 12.6 Å². The van der Waals surface area contributed by atoms with Gasteiger partial charge in [0.2, 0.25) is 0 Å². The Kier molecular flexibility index (Phi) is 4.72. The van der Waals surface area contributed by atoms with Gasteiger partial charge in [-0.25, -0.2) is 0 Å². The molecule has 5 heteroatoms. The van der Waals surface area contributed by atoms with Crippen LogP contribution in [0.15, 0.2) is 59.5 Å². The monoisotopic (exact) mass is 312 g/mol.